The van der Waals surface area contributed by atoms with Gasteiger partial charge in [-0.1, -0.05) is 37.6 Å². The van der Waals surface area contributed by atoms with Crippen LogP contribution in [-0.2, 0) is 10.0 Å². The third kappa shape index (κ3) is 5.73. The van der Waals surface area contributed by atoms with Gasteiger partial charge in [0.25, 0.3) is 15.9 Å². The van der Waals surface area contributed by atoms with Crippen LogP contribution in [0.1, 0.15) is 44.0 Å². The number of amides is 1. The van der Waals surface area contributed by atoms with Gasteiger partial charge in [0, 0.05) is 5.56 Å². The smallest absolute Gasteiger partial charge is 0.271 e. The highest BCUT2D eigenvalue weighted by Crippen LogP contribution is 2.33. The number of rotatable bonds is 6. The van der Waals surface area contributed by atoms with Gasteiger partial charge >= 0.3 is 0 Å². The van der Waals surface area contributed by atoms with E-state index in [1.54, 1.807) is 30.3 Å². The Morgan fingerprint density at radius 3 is 2.55 bits per heavy atom. The molecule has 1 aliphatic rings. The number of nitrogens with zero attached hydrogens (tertiary/aromatic N) is 1. The molecule has 164 valence electrons. The highest BCUT2D eigenvalue weighted by molar-refractivity contribution is 7.92. The van der Waals surface area contributed by atoms with E-state index in [0.717, 1.165) is 18.6 Å². The lowest BCUT2D eigenvalue weighted by atomic mass is 9.77. The number of hydrogen-bond donors (Lipinski definition) is 2. The molecule has 0 fully saturated rings. The van der Waals surface area contributed by atoms with E-state index in [1.807, 2.05) is 13.0 Å². The standard InChI is InChI=1S/C23H27N3O4S/c1-16-12-18(15-23(2,3)14-16)24-25-22(27)17-8-7-9-19(13-17)31(28,29)26-20-10-5-6-11-21(20)30-4/h5-13,26H,14-15H2,1-4H3,(H,25,27)/b24-18+. The summed E-state index contributed by atoms with van der Waals surface area (Å²) >= 11 is 0. The average molecular weight is 442 g/mol. The molecular weight excluding hydrogens is 414 g/mol. The van der Waals surface area contributed by atoms with Gasteiger partial charge in [0.15, 0.2) is 0 Å². The zero-order chi connectivity index (χ0) is 22.6. The molecule has 7 nitrogen and oxygen atoms in total. The SMILES string of the molecule is COc1ccccc1NS(=O)(=O)c1cccc(C(=O)N/N=C2\C=C(C)CC(C)(C)C2)c1. The molecule has 0 spiro atoms. The number of allylic oxidation sites excluding steroid dienone is 2. The number of anilines is 1. The van der Waals surface area contributed by atoms with E-state index in [2.05, 4.69) is 29.1 Å². The van der Waals surface area contributed by atoms with E-state index in [1.165, 1.54) is 30.9 Å². The summed E-state index contributed by atoms with van der Waals surface area (Å²) in [4.78, 5) is 12.6. The van der Waals surface area contributed by atoms with Gasteiger partial charge in [0.05, 0.1) is 23.4 Å². The summed E-state index contributed by atoms with van der Waals surface area (Å²) in [6, 6.07) is 12.5. The van der Waals surface area contributed by atoms with Gasteiger partial charge in [-0.3, -0.25) is 9.52 Å². The maximum atomic E-state index is 12.8. The molecule has 0 saturated heterocycles. The van der Waals surface area contributed by atoms with Crippen LogP contribution in [0.15, 0.2) is 70.2 Å². The molecule has 0 heterocycles. The molecule has 31 heavy (non-hydrogen) atoms. The number of benzene rings is 2. The van der Waals surface area contributed by atoms with Gasteiger partial charge in [0.1, 0.15) is 5.75 Å². The van der Waals surface area contributed by atoms with Crippen molar-refractivity contribution in [2.75, 3.05) is 11.8 Å². The Labute approximate surface area is 183 Å². The Morgan fingerprint density at radius 1 is 1.10 bits per heavy atom. The van der Waals surface area contributed by atoms with Gasteiger partial charge < -0.3 is 4.74 Å². The van der Waals surface area contributed by atoms with E-state index in [0.29, 0.717) is 11.4 Å². The average Bonchev–Trinajstić information content (AvgIpc) is 2.71. The highest BCUT2D eigenvalue weighted by atomic mass is 32.2. The van der Waals surface area contributed by atoms with Crippen LogP contribution in [0.25, 0.3) is 0 Å². The second-order valence-electron chi connectivity index (χ2n) is 8.39. The molecule has 0 radical (unpaired) electrons. The third-order valence-electron chi connectivity index (χ3n) is 4.89. The minimum Gasteiger partial charge on any atom is -0.495 e. The van der Waals surface area contributed by atoms with Gasteiger partial charge in [-0.05, 0) is 61.6 Å². The van der Waals surface area contributed by atoms with Crippen LogP contribution in [-0.4, -0.2) is 27.1 Å². The number of nitrogens with one attached hydrogen (secondary N) is 2. The number of carbonyl (C=O) groups excluding carboxylic acids is 1. The van der Waals surface area contributed by atoms with Crippen LogP contribution in [0, 0.1) is 5.41 Å². The van der Waals surface area contributed by atoms with Crippen LogP contribution in [0.2, 0.25) is 0 Å². The maximum Gasteiger partial charge on any atom is 0.271 e. The maximum absolute atomic E-state index is 12.8. The largest absolute Gasteiger partial charge is 0.495 e. The minimum absolute atomic E-state index is 0.0340. The minimum atomic E-state index is -3.92. The lowest BCUT2D eigenvalue weighted by Gasteiger charge is -2.29. The number of sulfonamides is 1. The topological polar surface area (TPSA) is 96.9 Å². The molecule has 0 saturated carbocycles. The van der Waals surface area contributed by atoms with Gasteiger partial charge in [-0.15, -0.1) is 0 Å². The number of hydrogen-bond acceptors (Lipinski definition) is 5. The molecule has 3 rings (SSSR count). The zero-order valence-corrected chi connectivity index (χ0v) is 18.9. The fraction of sp³-hybridized carbons (Fsp3) is 0.304. The number of para-hydroxylation sites is 2. The lowest BCUT2D eigenvalue weighted by molar-refractivity contribution is 0.0954. The molecule has 1 amide bonds. The summed E-state index contributed by atoms with van der Waals surface area (Å²) in [5.41, 5.74) is 5.14. The van der Waals surface area contributed by atoms with Crippen molar-refractivity contribution in [2.24, 2.45) is 10.5 Å². The number of ether oxygens (including phenoxy) is 1. The Morgan fingerprint density at radius 2 is 1.84 bits per heavy atom. The Bertz CT molecular complexity index is 1150. The number of hydrazone groups is 1. The van der Waals surface area contributed by atoms with Crippen molar-refractivity contribution in [2.45, 2.75) is 38.5 Å². The van der Waals surface area contributed by atoms with Crippen molar-refractivity contribution in [1.82, 2.24) is 5.43 Å². The van der Waals surface area contributed by atoms with Crippen molar-refractivity contribution in [3.8, 4) is 5.75 Å². The third-order valence-corrected chi connectivity index (χ3v) is 6.25. The lowest BCUT2D eigenvalue weighted by Crippen LogP contribution is -2.25. The van der Waals surface area contributed by atoms with Crippen molar-refractivity contribution >= 4 is 27.3 Å². The second-order valence-corrected chi connectivity index (χ2v) is 10.1. The molecule has 2 aromatic rings. The first-order chi connectivity index (χ1) is 14.6. The van der Waals surface area contributed by atoms with E-state index in [9.17, 15) is 13.2 Å². The molecule has 8 heteroatoms. The quantitative estimate of drug-likeness (QED) is 0.652. The van der Waals surface area contributed by atoms with Gasteiger partial charge in [-0.25, -0.2) is 13.8 Å². The summed E-state index contributed by atoms with van der Waals surface area (Å²) in [5, 5.41) is 4.25. The van der Waals surface area contributed by atoms with Crippen molar-refractivity contribution < 1.29 is 17.9 Å². The summed E-state index contributed by atoms with van der Waals surface area (Å²) in [6.45, 7) is 6.36. The van der Waals surface area contributed by atoms with Crippen molar-refractivity contribution in [1.29, 1.82) is 0 Å². The monoisotopic (exact) mass is 441 g/mol. The first-order valence-corrected chi connectivity index (χ1v) is 11.4. The normalized spacial score (nSPS) is 17.0. The van der Waals surface area contributed by atoms with Gasteiger partial charge in [-0.2, -0.15) is 5.10 Å². The molecule has 2 aromatic carbocycles. The molecule has 0 atom stereocenters. The van der Waals surface area contributed by atoms with Gasteiger partial charge in [0.2, 0.25) is 0 Å². The first kappa shape index (κ1) is 22.6. The van der Waals surface area contributed by atoms with E-state index in [4.69, 9.17) is 4.74 Å². The molecule has 0 aliphatic heterocycles. The summed E-state index contributed by atoms with van der Waals surface area (Å²) in [5.74, 6) is -0.0779. The molecule has 0 unspecified atom stereocenters. The zero-order valence-electron chi connectivity index (χ0n) is 18.1. The first-order valence-electron chi connectivity index (χ1n) is 9.90. The summed E-state index contributed by atoms with van der Waals surface area (Å²) < 4.78 is 33.3. The number of carbonyl (C=O) groups is 1. The van der Waals surface area contributed by atoms with E-state index in [-0.39, 0.29) is 15.9 Å². The van der Waals surface area contributed by atoms with E-state index >= 15 is 0 Å². The molecule has 1 aliphatic carbocycles. The fourth-order valence-corrected chi connectivity index (χ4v) is 4.81. The molecule has 2 N–H and O–H groups in total. The van der Waals surface area contributed by atoms with Crippen LogP contribution in [0.3, 0.4) is 0 Å². The van der Waals surface area contributed by atoms with Crippen molar-refractivity contribution in [3.63, 3.8) is 0 Å². The summed E-state index contributed by atoms with van der Waals surface area (Å²) in [7, 11) is -2.45. The molecule has 0 aromatic heterocycles. The van der Waals surface area contributed by atoms with Crippen molar-refractivity contribution in [3.05, 3.63) is 65.7 Å². The highest BCUT2D eigenvalue weighted by Gasteiger charge is 2.25. The van der Waals surface area contributed by atoms with Crippen LogP contribution in [0.4, 0.5) is 5.69 Å². The predicted octanol–water partition coefficient (Wildman–Crippen LogP) is 4.35. The van der Waals surface area contributed by atoms with E-state index < -0.39 is 15.9 Å². The molecular formula is C23H27N3O4S. The number of methoxy groups -OCH3 is 1. The predicted molar refractivity (Wildman–Crippen MR) is 122 cm³/mol. The Balaban J connectivity index is 1.78. The Kier molecular flexibility index (Phi) is 6.50. The summed E-state index contributed by atoms with van der Waals surface area (Å²) in [6.07, 6.45) is 3.71. The molecule has 0 bridgehead atoms. The van der Waals surface area contributed by atoms with Crippen LogP contribution < -0.4 is 14.9 Å². The van der Waals surface area contributed by atoms with Crippen LogP contribution in [0.5, 0.6) is 5.75 Å². The second kappa shape index (κ2) is 8.93. The Hall–Kier alpha value is -3.13. The van der Waals surface area contributed by atoms with Crippen LogP contribution >= 0.6 is 0 Å². The fourth-order valence-electron chi connectivity index (χ4n) is 3.69.